The van der Waals surface area contributed by atoms with Gasteiger partial charge in [0.15, 0.2) is 5.76 Å². The lowest BCUT2D eigenvalue weighted by atomic mass is 9.92. The Balaban J connectivity index is 1.27. The Labute approximate surface area is 212 Å². The van der Waals surface area contributed by atoms with Crippen LogP contribution in [0.2, 0.25) is 0 Å². The molecule has 5 rings (SSSR count). The number of aliphatic hydroxyl groups excluding tert-OH is 1. The van der Waals surface area contributed by atoms with Crippen molar-refractivity contribution in [3.8, 4) is 0 Å². The summed E-state index contributed by atoms with van der Waals surface area (Å²) in [5, 5.41) is 9.94. The molecule has 3 aliphatic heterocycles. The first-order chi connectivity index (χ1) is 17.7. The van der Waals surface area contributed by atoms with Gasteiger partial charge in [0, 0.05) is 42.4 Å². The maximum absolute atomic E-state index is 13.6. The molecule has 0 unspecified atom stereocenters. The molecule has 0 bridgehead atoms. The largest absolute Gasteiger partial charge is 0.464 e. The van der Waals surface area contributed by atoms with Crippen molar-refractivity contribution in [2.24, 2.45) is 0 Å². The molecule has 3 aliphatic rings. The third kappa shape index (κ3) is 5.94. The second-order valence-corrected chi connectivity index (χ2v) is 9.93. The lowest BCUT2D eigenvalue weighted by Gasteiger charge is -2.40. The van der Waals surface area contributed by atoms with Gasteiger partial charge in [-0.25, -0.2) is 0 Å². The first kappa shape index (κ1) is 25.3. The van der Waals surface area contributed by atoms with E-state index in [-0.39, 0.29) is 25.0 Å². The molecule has 1 aromatic heterocycles. The second-order valence-electron chi connectivity index (χ2n) is 9.93. The summed E-state index contributed by atoms with van der Waals surface area (Å²) < 4.78 is 23.2. The van der Waals surface area contributed by atoms with Crippen LogP contribution < -0.4 is 0 Å². The van der Waals surface area contributed by atoms with E-state index in [1.54, 1.807) is 6.26 Å². The minimum Gasteiger partial charge on any atom is -0.464 e. The van der Waals surface area contributed by atoms with Crippen LogP contribution in [0.5, 0.6) is 0 Å². The molecule has 2 saturated heterocycles. The van der Waals surface area contributed by atoms with Gasteiger partial charge in [0.05, 0.1) is 32.7 Å². The molecule has 36 heavy (non-hydrogen) atoms. The van der Waals surface area contributed by atoms with Crippen molar-refractivity contribution in [2.45, 2.75) is 56.8 Å². The van der Waals surface area contributed by atoms with Gasteiger partial charge in [0.2, 0.25) is 6.29 Å². The van der Waals surface area contributed by atoms with E-state index in [1.807, 2.05) is 35.2 Å². The number of piperidine rings is 2. The van der Waals surface area contributed by atoms with Gasteiger partial charge >= 0.3 is 0 Å². The lowest BCUT2D eigenvalue weighted by molar-refractivity contribution is -0.157. The van der Waals surface area contributed by atoms with Gasteiger partial charge in [0.25, 0.3) is 5.91 Å². The van der Waals surface area contributed by atoms with Crippen LogP contribution in [0.25, 0.3) is 11.0 Å². The third-order valence-electron chi connectivity index (χ3n) is 7.60. The molecule has 1 N–H and O–H groups in total. The number of ether oxygens (including phenoxy) is 3. The number of carbonyl (C=O) groups is 1. The van der Waals surface area contributed by atoms with Gasteiger partial charge in [-0.2, -0.15) is 0 Å². The number of allylic oxidation sites excluding steroid dienone is 1. The van der Waals surface area contributed by atoms with Gasteiger partial charge in [-0.15, -0.1) is 0 Å². The molecule has 2 fully saturated rings. The van der Waals surface area contributed by atoms with E-state index in [1.165, 1.54) is 32.4 Å². The standard InChI is InChI=1S/C28H38N2O6/c31-14-15-33-16-17-34-27-19-21(24-20-35-25-7-3-2-6-23(24)25)18-26(36-27)28(32)30-12-8-22(9-13-30)29-10-4-1-5-11-29/h2-3,6-7,18,20-22,27,31H,1,4-5,8-17,19H2/t21-,27+/m1/s1. The maximum Gasteiger partial charge on any atom is 0.288 e. The average Bonchev–Trinajstić information content (AvgIpc) is 3.37. The molecule has 2 aromatic rings. The molecule has 0 aliphatic carbocycles. The fraction of sp³-hybridized carbons (Fsp3) is 0.607. The maximum atomic E-state index is 13.6. The molecule has 2 atom stereocenters. The second kappa shape index (κ2) is 12.2. The Hall–Kier alpha value is -2.39. The van der Waals surface area contributed by atoms with E-state index in [0.29, 0.717) is 31.4 Å². The summed E-state index contributed by atoms with van der Waals surface area (Å²) in [6, 6.07) is 8.53. The summed E-state index contributed by atoms with van der Waals surface area (Å²) >= 11 is 0. The molecule has 8 nitrogen and oxygen atoms in total. The Bertz CT molecular complexity index is 1020. The van der Waals surface area contributed by atoms with Crippen molar-refractivity contribution in [1.29, 1.82) is 0 Å². The zero-order valence-electron chi connectivity index (χ0n) is 21.0. The van der Waals surface area contributed by atoms with E-state index in [2.05, 4.69) is 4.90 Å². The number of hydrogen-bond acceptors (Lipinski definition) is 7. The molecule has 196 valence electrons. The lowest BCUT2D eigenvalue weighted by Crippen LogP contribution is -2.49. The molecule has 8 heteroatoms. The van der Waals surface area contributed by atoms with Crippen molar-refractivity contribution in [1.82, 2.24) is 9.80 Å². The zero-order chi connectivity index (χ0) is 24.7. The number of benzene rings is 1. The predicted octanol–water partition coefficient (Wildman–Crippen LogP) is 3.65. The number of fused-ring (bicyclic) bond motifs is 1. The summed E-state index contributed by atoms with van der Waals surface area (Å²) in [5.41, 5.74) is 1.86. The van der Waals surface area contributed by atoms with Crippen molar-refractivity contribution >= 4 is 16.9 Å². The van der Waals surface area contributed by atoms with E-state index >= 15 is 0 Å². The van der Waals surface area contributed by atoms with Crippen LogP contribution in [-0.2, 0) is 19.0 Å². The van der Waals surface area contributed by atoms with Gasteiger partial charge in [0.1, 0.15) is 5.58 Å². The first-order valence-electron chi connectivity index (χ1n) is 13.4. The number of furan rings is 1. The Kier molecular flexibility index (Phi) is 8.59. The van der Waals surface area contributed by atoms with Gasteiger partial charge in [-0.3, -0.25) is 4.79 Å². The monoisotopic (exact) mass is 498 g/mol. The van der Waals surface area contributed by atoms with Crippen LogP contribution in [-0.4, -0.2) is 85.8 Å². The number of rotatable bonds is 9. The number of nitrogens with zero attached hydrogens (tertiary/aromatic N) is 2. The number of aliphatic hydroxyl groups is 1. The van der Waals surface area contributed by atoms with E-state index in [0.717, 1.165) is 42.5 Å². The van der Waals surface area contributed by atoms with E-state index < -0.39 is 6.29 Å². The number of likely N-dealkylation sites (tertiary alicyclic amines) is 2. The zero-order valence-corrected chi connectivity index (χ0v) is 21.0. The normalized spacial score (nSPS) is 24.0. The molecule has 1 aromatic carbocycles. The quantitative estimate of drug-likeness (QED) is 0.529. The highest BCUT2D eigenvalue weighted by atomic mass is 16.7. The summed E-state index contributed by atoms with van der Waals surface area (Å²) in [6.07, 6.45) is 9.68. The Morgan fingerprint density at radius 1 is 1.03 bits per heavy atom. The SMILES string of the molecule is O=C(C1=C[C@@H](c2coc3ccccc23)C[C@@H](OCCOCCO)O1)N1CCC(N2CCCCC2)CC1. The number of hydrogen-bond donors (Lipinski definition) is 1. The fourth-order valence-corrected chi connectivity index (χ4v) is 5.69. The minimum atomic E-state index is -0.559. The van der Waals surface area contributed by atoms with Crippen molar-refractivity contribution in [3.05, 3.63) is 47.9 Å². The minimum absolute atomic E-state index is 0.0224. The van der Waals surface area contributed by atoms with Gasteiger partial charge in [-0.05, 0) is 50.9 Å². The number of amides is 1. The molecular weight excluding hydrogens is 460 g/mol. The summed E-state index contributed by atoms with van der Waals surface area (Å²) in [6.45, 7) is 4.81. The first-order valence-corrected chi connectivity index (χ1v) is 13.4. The van der Waals surface area contributed by atoms with Crippen molar-refractivity contribution < 1.29 is 28.5 Å². The topological polar surface area (TPSA) is 84.6 Å². The van der Waals surface area contributed by atoms with Crippen LogP contribution in [0.1, 0.15) is 50.0 Å². The van der Waals surface area contributed by atoms with Gasteiger partial charge in [-0.1, -0.05) is 24.6 Å². The van der Waals surface area contributed by atoms with Crippen LogP contribution in [0.3, 0.4) is 0 Å². The molecular formula is C28H38N2O6. The van der Waals surface area contributed by atoms with E-state index in [9.17, 15) is 4.79 Å². The molecule has 1 amide bonds. The Morgan fingerprint density at radius 3 is 2.64 bits per heavy atom. The molecule has 4 heterocycles. The molecule has 0 spiro atoms. The smallest absolute Gasteiger partial charge is 0.288 e. The average molecular weight is 499 g/mol. The predicted molar refractivity (Wildman–Crippen MR) is 135 cm³/mol. The summed E-state index contributed by atoms with van der Waals surface area (Å²) in [4.78, 5) is 18.1. The highest BCUT2D eigenvalue weighted by molar-refractivity contribution is 5.92. The summed E-state index contributed by atoms with van der Waals surface area (Å²) in [5.74, 6) is 0.236. The van der Waals surface area contributed by atoms with Crippen LogP contribution >= 0.6 is 0 Å². The van der Waals surface area contributed by atoms with Crippen molar-refractivity contribution in [2.75, 3.05) is 52.6 Å². The van der Waals surface area contributed by atoms with Crippen LogP contribution in [0.15, 0.2) is 46.8 Å². The third-order valence-corrected chi connectivity index (χ3v) is 7.60. The van der Waals surface area contributed by atoms with Crippen LogP contribution in [0.4, 0.5) is 0 Å². The van der Waals surface area contributed by atoms with Crippen LogP contribution in [0, 0.1) is 0 Å². The highest BCUT2D eigenvalue weighted by Gasteiger charge is 2.34. The Morgan fingerprint density at radius 2 is 1.83 bits per heavy atom. The molecule has 0 radical (unpaired) electrons. The highest BCUT2D eigenvalue weighted by Crippen LogP contribution is 2.37. The van der Waals surface area contributed by atoms with E-state index in [4.69, 9.17) is 23.7 Å². The number of para-hydroxylation sites is 1. The fourth-order valence-electron chi connectivity index (χ4n) is 5.69. The number of carbonyl (C=O) groups excluding carboxylic acids is 1. The summed E-state index contributed by atoms with van der Waals surface area (Å²) in [7, 11) is 0. The van der Waals surface area contributed by atoms with Gasteiger partial charge < -0.3 is 33.5 Å². The molecule has 0 saturated carbocycles. The van der Waals surface area contributed by atoms with Crippen molar-refractivity contribution in [3.63, 3.8) is 0 Å².